The molecule has 1 unspecified atom stereocenters. The molecular formula is C21H28N4O4. The molecule has 0 radical (unpaired) electrons. The summed E-state index contributed by atoms with van der Waals surface area (Å²) in [5, 5.41) is 19.5. The highest BCUT2D eigenvalue weighted by molar-refractivity contribution is 6.00. The molecule has 1 aromatic heterocycles. The van der Waals surface area contributed by atoms with E-state index in [9.17, 15) is 14.7 Å². The van der Waals surface area contributed by atoms with Gasteiger partial charge in [0.05, 0.1) is 23.9 Å². The van der Waals surface area contributed by atoms with Crippen LogP contribution in [-0.4, -0.2) is 52.7 Å². The van der Waals surface area contributed by atoms with Gasteiger partial charge in [0.25, 0.3) is 5.91 Å². The van der Waals surface area contributed by atoms with Gasteiger partial charge in [0.15, 0.2) is 0 Å². The van der Waals surface area contributed by atoms with Crippen molar-refractivity contribution in [1.29, 1.82) is 0 Å². The first-order valence-electron chi connectivity index (χ1n) is 9.81. The summed E-state index contributed by atoms with van der Waals surface area (Å²) in [6, 6.07) is 8.76. The third-order valence-corrected chi connectivity index (χ3v) is 4.82. The van der Waals surface area contributed by atoms with Gasteiger partial charge in [0.1, 0.15) is 0 Å². The Morgan fingerprint density at radius 1 is 1.31 bits per heavy atom. The molecular weight excluding hydrogens is 372 g/mol. The van der Waals surface area contributed by atoms with E-state index >= 15 is 0 Å². The van der Waals surface area contributed by atoms with E-state index in [1.165, 1.54) is 0 Å². The lowest BCUT2D eigenvalue weighted by atomic mass is 9.92. The van der Waals surface area contributed by atoms with Crippen molar-refractivity contribution in [2.75, 3.05) is 30.3 Å². The van der Waals surface area contributed by atoms with Gasteiger partial charge in [0.2, 0.25) is 11.8 Å². The third kappa shape index (κ3) is 5.35. The van der Waals surface area contributed by atoms with Crippen LogP contribution in [0.4, 0.5) is 11.6 Å². The van der Waals surface area contributed by atoms with Crippen LogP contribution in [0.3, 0.4) is 0 Å². The van der Waals surface area contributed by atoms with E-state index in [0.29, 0.717) is 30.8 Å². The fraction of sp³-hybridized carbons (Fsp3) is 0.476. The number of piperidine rings is 1. The van der Waals surface area contributed by atoms with Crippen LogP contribution >= 0.6 is 0 Å². The fourth-order valence-electron chi connectivity index (χ4n) is 3.18. The Kier molecular flexibility index (Phi) is 6.22. The van der Waals surface area contributed by atoms with E-state index in [1.807, 2.05) is 20.8 Å². The zero-order valence-corrected chi connectivity index (χ0v) is 17.1. The average molecular weight is 400 g/mol. The first-order chi connectivity index (χ1) is 13.7. The number of nitrogens with one attached hydrogen (secondary N) is 2. The summed E-state index contributed by atoms with van der Waals surface area (Å²) in [6.45, 7) is 6.94. The number of aliphatic hydroxyl groups excluding tert-OH is 1. The molecule has 2 amide bonds. The predicted molar refractivity (Wildman–Crippen MR) is 110 cm³/mol. The summed E-state index contributed by atoms with van der Waals surface area (Å²) >= 11 is 0. The highest BCUT2D eigenvalue weighted by Gasteiger charge is 2.25. The molecule has 8 heteroatoms. The maximum atomic E-state index is 12.8. The summed E-state index contributed by atoms with van der Waals surface area (Å²) in [5.74, 6) is -0.178. The first-order valence-corrected chi connectivity index (χ1v) is 9.81. The molecule has 3 N–H and O–H groups in total. The molecule has 1 aliphatic heterocycles. The van der Waals surface area contributed by atoms with Crippen molar-refractivity contribution < 1.29 is 19.2 Å². The zero-order chi connectivity index (χ0) is 21.0. The van der Waals surface area contributed by atoms with Gasteiger partial charge in [-0.2, -0.15) is 0 Å². The molecule has 1 atom stereocenters. The molecule has 29 heavy (non-hydrogen) atoms. The second-order valence-corrected chi connectivity index (χ2v) is 8.32. The molecule has 0 aliphatic carbocycles. The van der Waals surface area contributed by atoms with Gasteiger partial charge in [-0.1, -0.05) is 38.1 Å². The van der Waals surface area contributed by atoms with Crippen LogP contribution in [0.5, 0.6) is 0 Å². The van der Waals surface area contributed by atoms with Crippen LogP contribution in [0.1, 0.15) is 49.7 Å². The van der Waals surface area contributed by atoms with Crippen molar-refractivity contribution in [2.24, 2.45) is 0 Å². The summed E-state index contributed by atoms with van der Waals surface area (Å²) in [4.78, 5) is 26.8. The second-order valence-electron chi connectivity index (χ2n) is 8.32. The molecule has 1 saturated heterocycles. The molecule has 0 saturated carbocycles. The SMILES string of the molecule is CC(C)(C)c1cc(NC(=O)CNc2ccccc2C(=O)N2CCCC(O)C2)on1. The number of aromatic nitrogens is 1. The van der Waals surface area contributed by atoms with Crippen molar-refractivity contribution in [1.82, 2.24) is 10.1 Å². The molecule has 8 nitrogen and oxygen atoms in total. The number of β-amino-alcohol motifs (C(OH)–C–C–N with tert-alkyl or cyclic N) is 1. The normalized spacial score (nSPS) is 17.1. The van der Waals surface area contributed by atoms with Crippen molar-refractivity contribution in [3.05, 3.63) is 41.6 Å². The molecule has 2 aromatic rings. The standard InChI is InChI=1S/C21H28N4O4/c1-21(2,3)17-11-19(29-24-17)23-18(27)12-22-16-9-5-4-8-15(16)20(28)25-10-6-7-14(26)13-25/h4-5,8-9,11,14,22,26H,6-7,10,12-13H2,1-3H3,(H,23,27). The van der Waals surface area contributed by atoms with Crippen LogP contribution < -0.4 is 10.6 Å². The van der Waals surface area contributed by atoms with Crippen LogP contribution in [-0.2, 0) is 10.2 Å². The first kappa shape index (κ1) is 20.9. The average Bonchev–Trinajstić information content (AvgIpc) is 3.15. The van der Waals surface area contributed by atoms with E-state index in [-0.39, 0.29) is 29.7 Å². The predicted octanol–water partition coefficient (Wildman–Crippen LogP) is 2.62. The topological polar surface area (TPSA) is 108 Å². The molecule has 3 rings (SSSR count). The lowest BCUT2D eigenvalue weighted by Crippen LogP contribution is -2.42. The minimum absolute atomic E-state index is 0.0293. The smallest absolute Gasteiger partial charge is 0.256 e. The summed E-state index contributed by atoms with van der Waals surface area (Å²) in [6.07, 6.45) is 1.000. The zero-order valence-electron chi connectivity index (χ0n) is 17.1. The van der Waals surface area contributed by atoms with Gasteiger partial charge < -0.3 is 19.8 Å². The monoisotopic (exact) mass is 400 g/mol. The fourth-order valence-corrected chi connectivity index (χ4v) is 3.18. The number of benzene rings is 1. The van der Waals surface area contributed by atoms with E-state index in [2.05, 4.69) is 15.8 Å². The quantitative estimate of drug-likeness (QED) is 0.712. The summed E-state index contributed by atoms with van der Waals surface area (Å²) in [7, 11) is 0. The Labute approximate surface area is 170 Å². The number of carbonyl (C=O) groups excluding carboxylic acids is 2. The number of para-hydroxylation sites is 1. The number of likely N-dealkylation sites (tertiary alicyclic amines) is 1. The Hall–Kier alpha value is -2.87. The molecule has 1 aromatic carbocycles. The van der Waals surface area contributed by atoms with Crippen molar-refractivity contribution in [2.45, 2.75) is 45.1 Å². The Morgan fingerprint density at radius 2 is 2.07 bits per heavy atom. The van der Waals surface area contributed by atoms with Gasteiger partial charge in [-0.05, 0) is 25.0 Å². The van der Waals surface area contributed by atoms with Gasteiger partial charge in [0, 0.05) is 30.3 Å². The third-order valence-electron chi connectivity index (χ3n) is 4.82. The number of nitrogens with zero attached hydrogens (tertiary/aromatic N) is 2. The van der Waals surface area contributed by atoms with Crippen molar-refractivity contribution in [3.63, 3.8) is 0 Å². The lowest BCUT2D eigenvalue weighted by Gasteiger charge is -2.30. The van der Waals surface area contributed by atoms with Crippen molar-refractivity contribution in [3.8, 4) is 0 Å². The number of hydrogen-bond donors (Lipinski definition) is 3. The molecule has 1 fully saturated rings. The summed E-state index contributed by atoms with van der Waals surface area (Å²) < 4.78 is 5.17. The van der Waals surface area contributed by atoms with Gasteiger partial charge >= 0.3 is 0 Å². The largest absolute Gasteiger partial charge is 0.391 e. The number of anilines is 2. The number of rotatable bonds is 5. The maximum Gasteiger partial charge on any atom is 0.256 e. The van der Waals surface area contributed by atoms with Gasteiger partial charge in [-0.3, -0.25) is 14.9 Å². The van der Waals surface area contributed by atoms with E-state index < -0.39 is 6.10 Å². The Balaban J connectivity index is 1.61. The molecule has 156 valence electrons. The van der Waals surface area contributed by atoms with E-state index in [1.54, 1.807) is 35.2 Å². The Bertz CT molecular complexity index is 872. The molecule has 0 spiro atoms. The minimum atomic E-state index is -0.488. The molecule has 1 aliphatic rings. The van der Waals surface area contributed by atoms with Crippen LogP contribution in [0.2, 0.25) is 0 Å². The van der Waals surface area contributed by atoms with E-state index in [0.717, 1.165) is 12.1 Å². The summed E-state index contributed by atoms with van der Waals surface area (Å²) in [5.41, 5.74) is 1.62. The van der Waals surface area contributed by atoms with Crippen LogP contribution in [0.15, 0.2) is 34.9 Å². The number of aliphatic hydroxyl groups is 1. The second kappa shape index (κ2) is 8.65. The molecule has 0 bridgehead atoms. The van der Waals surface area contributed by atoms with Crippen LogP contribution in [0, 0.1) is 0 Å². The van der Waals surface area contributed by atoms with Crippen LogP contribution in [0.25, 0.3) is 0 Å². The van der Waals surface area contributed by atoms with Gasteiger partial charge in [-0.15, -0.1) is 0 Å². The number of amides is 2. The number of carbonyl (C=O) groups is 2. The van der Waals surface area contributed by atoms with Crippen molar-refractivity contribution >= 4 is 23.4 Å². The van der Waals surface area contributed by atoms with Gasteiger partial charge in [-0.25, -0.2) is 0 Å². The van der Waals surface area contributed by atoms with E-state index in [4.69, 9.17) is 4.52 Å². The maximum absolute atomic E-state index is 12.8. The Morgan fingerprint density at radius 3 is 2.76 bits per heavy atom. The minimum Gasteiger partial charge on any atom is -0.391 e. The highest BCUT2D eigenvalue weighted by Crippen LogP contribution is 2.24. The number of hydrogen-bond acceptors (Lipinski definition) is 6. The lowest BCUT2D eigenvalue weighted by molar-refractivity contribution is -0.114. The highest BCUT2D eigenvalue weighted by atomic mass is 16.5. The molecule has 2 heterocycles.